The van der Waals surface area contributed by atoms with Crippen LogP contribution in [0.3, 0.4) is 0 Å². The average Bonchev–Trinajstić information content (AvgIpc) is 2.50. The summed E-state index contributed by atoms with van der Waals surface area (Å²) in [6.07, 6.45) is 3.27. The number of halogens is 1. The molecule has 2 aromatic carbocycles. The summed E-state index contributed by atoms with van der Waals surface area (Å²) in [5.74, 6) is 0.725. The molecule has 0 fully saturated rings. The van der Waals surface area contributed by atoms with Crippen LogP contribution in [-0.2, 0) is 0 Å². The molecular formula is C16H16ClN3O2. The van der Waals surface area contributed by atoms with Gasteiger partial charge in [0.1, 0.15) is 5.75 Å². The minimum atomic E-state index is -0.405. The lowest BCUT2D eigenvalue weighted by molar-refractivity contribution is 0.255. The Morgan fingerprint density at radius 2 is 2.05 bits per heavy atom. The fourth-order valence-electron chi connectivity index (χ4n) is 1.80. The molecule has 2 rings (SSSR count). The van der Waals surface area contributed by atoms with E-state index >= 15 is 0 Å². The molecule has 0 aromatic heterocycles. The molecule has 0 aliphatic heterocycles. The van der Waals surface area contributed by atoms with Crippen molar-refractivity contribution in [3.05, 3.63) is 59.3 Å². The second-order valence-corrected chi connectivity index (χ2v) is 4.82. The molecule has 0 heterocycles. The number of para-hydroxylation sites is 1. The molecule has 0 unspecified atom stereocenters. The summed E-state index contributed by atoms with van der Waals surface area (Å²) in [6, 6.07) is 11.9. The van der Waals surface area contributed by atoms with E-state index in [2.05, 4.69) is 10.6 Å². The van der Waals surface area contributed by atoms with Crippen LogP contribution < -0.4 is 21.1 Å². The van der Waals surface area contributed by atoms with Crippen LogP contribution in [0.2, 0.25) is 5.02 Å². The number of rotatable bonds is 4. The highest BCUT2D eigenvalue weighted by molar-refractivity contribution is 6.34. The molecule has 4 N–H and O–H groups in total. The number of nitrogen functional groups attached to an aromatic ring is 1. The van der Waals surface area contributed by atoms with Crippen LogP contribution >= 0.6 is 11.6 Å². The Morgan fingerprint density at radius 1 is 1.27 bits per heavy atom. The third kappa shape index (κ3) is 4.17. The fraction of sp³-hybridized carbons (Fsp3) is 0.0625. The monoisotopic (exact) mass is 317 g/mol. The first-order chi connectivity index (χ1) is 10.6. The number of hydrogen-bond donors (Lipinski definition) is 3. The van der Waals surface area contributed by atoms with E-state index in [0.717, 1.165) is 11.3 Å². The second kappa shape index (κ2) is 7.38. The highest BCUT2D eigenvalue weighted by Gasteiger charge is 2.04. The largest absolute Gasteiger partial charge is 0.496 e. The van der Waals surface area contributed by atoms with E-state index in [4.69, 9.17) is 22.1 Å². The van der Waals surface area contributed by atoms with Crippen LogP contribution in [0.1, 0.15) is 5.56 Å². The zero-order valence-corrected chi connectivity index (χ0v) is 12.7. The van der Waals surface area contributed by atoms with Gasteiger partial charge in [0.05, 0.1) is 17.8 Å². The zero-order chi connectivity index (χ0) is 15.9. The minimum absolute atomic E-state index is 0.379. The molecule has 0 bridgehead atoms. The SMILES string of the molecule is COc1ccccc1/C=C/NC(=O)Nc1ccc(N)cc1Cl. The van der Waals surface area contributed by atoms with Gasteiger partial charge in [0.2, 0.25) is 0 Å². The standard InChI is InChI=1S/C16H16ClN3O2/c1-22-15-5-3-2-4-11(15)8-9-19-16(21)20-14-7-6-12(18)10-13(14)17/h2-10H,18H2,1H3,(H2,19,20,21)/b9-8+. The van der Waals surface area contributed by atoms with Crippen molar-refractivity contribution >= 4 is 35.1 Å². The number of anilines is 2. The van der Waals surface area contributed by atoms with E-state index < -0.39 is 6.03 Å². The second-order valence-electron chi connectivity index (χ2n) is 4.41. The van der Waals surface area contributed by atoms with Crippen LogP contribution in [0.15, 0.2) is 48.7 Å². The summed E-state index contributed by atoms with van der Waals surface area (Å²) >= 11 is 5.99. The number of nitrogens with two attached hydrogens (primary N) is 1. The van der Waals surface area contributed by atoms with Crippen molar-refractivity contribution in [1.29, 1.82) is 0 Å². The summed E-state index contributed by atoms with van der Waals surface area (Å²) in [5.41, 5.74) is 7.47. The van der Waals surface area contributed by atoms with Gasteiger partial charge in [-0.2, -0.15) is 0 Å². The molecule has 0 radical (unpaired) electrons. The molecule has 2 amide bonds. The van der Waals surface area contributed by atoms with Crippen molar-refractivity contribution in [2.45, 2.75) is 0 Å². The molecule has 0 saturated carbocycles. The third-order valence-electron chi connectivity index (χ3n) is 2.86. The summed E-state index contributed by atoms with van der Waals surface area (Å²) in [6.45, 7) is 0. The Bertz CT molecular complexity index is 702. The highest BCUT2D eigenvalue weighted by atomic mass is 35.5. The number of hydrogen-bond acceptors (Lipinski definition) is 3. The first-order valence-corrected chi connectivity index (χ1v) is 6.90. The van der Waals surface area contributed by atoms with Crippen LogP contribution in [0.4, 0.5) is 16.2 Å². The van der Waals surface area contributed by atoms with E-state index in [9.17, 15) is 4.79 Å². The molecule has 22 heavy (non-hydrogen) atoms. The van der Waals surface area contributed by atoms with Gasteiger partial charge in [-0.1, -0.05) is 29.8 Å². The van der Waals surface area contributed by atoms with Crippen molar-refractivity contribution in [2.24, 2.45) is 0 Å². The van der Waals surface area contributed by atoms with Gasteiger partial charge in [0.25, 0.3) is 0 Å². The maximum atomic E-state index is 11.8. The Hall–Kier alpha value is -2.66. The zero-order valence-electron chi connectivity index (χ0n) is 12.0. The lowest BCUT2D eigenvalue weighted by Crippen LogP contribution is -2.23. The third-order valence-corrected chi connectivity index (χ3v) is 3.17. The number of carbonyl (C=O) groups excluding carboxylic acids is 1. The average molecular weight is 318 g/mol. The van der Waals surface area contributed by atoms with Gasteiger partial charge in [-0.25, -0.2) is 4.79 Å². The smallest absolute Gasteiger partial charge is 0.323 e. The Kier molecular flexibility index (Phi) is 5.27. The maximum Gasteiger partial charge on any atom is 0.323 e. The van der Waals surface area contributed by atoms with Gasteiger partial charge in [0.15, 0.2) is 0 Å². The minimum Gasteiger partial charge on any atom is -0.496 e. The Morgan fingerprint density at radius 3 is 2.77 bits per heavy atom. The lowest BCUT2D eigenvalue weighted by Gasteiger charge is -2.07. The molecule has 0 aliphatic rings. The van der Waals surface area contributed by atoms with Gasteiger partial charge in [0, 0.05) is 17.5 Å². The number of carbonyl (C=O) groups is 1. The van der Waals surface area contributed by atoms with Crippen molar-refractivity contribution in [1.82, 2.24) is 5.32 Å². The summed E-state index contributed by atoms with van der Waals surface area (Å²) in [5, 5.41) is 5.61. The van der Waals surface area contributed by atoms with Crippen LogP contribution in [-0.4, -0.2) is 13.1 Å². The predicted octanol–water partition coefficient (Wildman–Crippen LogP) is 3.72. The van der Waals surface area contributed by atoms with E-state index in [1.165, 1.54) is 6.20 Å². The molecule has 0 atom stereocenters. The van der Waals surface area contributed by atoms with E-state index in [1.807, 2.05) is 24.3 Å². The van der Waals surface area contributed by atoms with Crippen LogP contribution in [0, 0.1) is 0 Å². The van der Waals surface area contributed by atoms with E-state index in [0.29, 0.717) is 16.4 Å². The van der Waals surface area contributed by atoms with Gasteiger partial charge in [-0.05, 0) is 30.3 Å². The highest BCUT2D eigenvalue weighted by Crippen LogP contribution is 2.23. The first kappa shape index (κ1) is 15.7. The molecule has 6 heteroatoms. The van der Waals surface area contributed by atoms with Crippen LogP contribution in [0.5, 0.6) is 5.75 Å². The molecule has 0 aliphatic carbocycles. The Labute approximate surface area is 133 Å². The van der Waals surface area contributed by atoms with Crippen molar-refractivity contribution in [3.8, 4) is 5.75 Å². The molecule has 114 valence electrons. The van der Waals surface area contributed by atoms with E-state index in [1.54, 1.807) is 31.4 Å². The maximum absolute atomic E-state index is 11.8. The topological polar surface area (TPSA) is 76.4 Å². The van der Waals surface area contributed by atoms with Crippen molar-refractivity contribution in [2.75, 3.05) is 18.2 Å². The number of nitrogens with one attached hydrogen (secondary N) is 2. The van der Waals surface area contributed by atoms with Gasteiger partial charge < -0.3 is 21.1 Å². The molecule has 5 nitrogen and oxygen atoms in total. The number of ether oxygens (including phenoxy) is 1. The van der Waals surface area contributed by atoms with E-state index in [-0.39, 0.29) is 0 Å². The Balaban J connectivity index is 1.96. The first-order valence-electron chi connectivity index (χ1n) is 6.52. The van der Waals surface area contributed by atoms with Gasteiger partial charge in [-0.15, -0.1) is 0 Å². The van der Waals surface area contributed by atoms with Gasteiger partial charge >= 0.3 is 6.03 Å². The molecule has 2 aromatic rings. The molecule has 0 spiro atoms. The normalized spacial score (nSPS) is 10.5. The number of amides is 2. The molecule has 0 saturated heterocycles. The predicted molar refractivity (Wildman–Crippen MR) is 90.0 cm³/mol. The lowest BCUT2D eigenvalue weighted by atomic mass is 10.2. The van der Waals surface area contributed by atoms with Crippen molar-refractivity contribution in [3.63, 3.8) is 0 Å². The van der Waals surface area contributed by atoms with Gasteiger partial charge in [-0.3, -0.25) is 0 Å². The number of methoxy groups -OCH3 is 1. The summed E-state index contributed by atoms with van der Waals surface area (Å²) < 4.78 is 5.22. The number of benzene rings is 2. The molecular weight excluding hydrogens is 302 g/mol. The quantitative estimate of drug-likeness (QED) is 0.752. The summed E-state index contributed by atoms with van der Waals surface area (Å²) in [4.78, 5) is 11.8. The number of urea groups is 1. The van der Waals surface area contributed by atoms with Crippen molar-refractivity contribution < 1.29 is 9.53 Å². The summed E-state index contributed by atoms with van der Waals surface area (Å²) in [7, 11) is 1.59. The fourth-order valence-corrected chi connectivity index (χ4v) is 2.04. The van der Waals surface area contributed by atoms with Crippen LogP contribution in [0.25, 0.3) is 6.08 Å².